The van der Waals surface area contributed by atoms with Crippen LogP contribution in [-0.2, 0) is 51.0 Å². The van der Waals surface area contributed by atoms with Crippen molar-refractivity contribution in [1.29, 1.82) is 0 Å². The Balaban J connectivity index is 0.989. The standard InChI is InChI=1S/C59H73F2N9O8S/c1-34-48(44-8-6-7-15-62-44)49(34)54(71)65-51-53(77-31-47(60)61)55-64-45(32-79-55)37-9-12-46-41(24-37)43(28-58(3,4)33-78-57(73)59-26-36(27-59)30-70(66-59)56(51)72)52(69(46)20-23-76-40-13-21-75-22-14-40)42-25-39(29-63-50(42)35(2)74-5)68-18-16-67(17-19-68)38-10-11-38/h6-9,12,15,24-25,29,32,34-36,38,40,47-49,51,53,66H,10-11,13-14,16-23,26-28,30-31,33H2,1-5H3,(H,65,71)/t34-,35-,36?,48-,49+,51-,53-,59?/m0/s1. The number of cyclic esters (lactones) is 1. The number of hydrogen-bond donors (Lipinski definition) is 2. The summed E-state index contributed by atoms with van der Waals surface area (Å²) in [6.07, 6.45) is 4.60. The number of carbonyl (C=O) groups excluding carboxylic acids is 3. The summed E-state index contributed by atoms with van der Waals surface area (Å²) in [5.74, 6) is -2.44. The zero-order valence-electron chi connectivity index (χ0n) is 45.8. The average molecular weight is 1110 g/mol. The van der Waals surface area contributed by atoms with Crippen molar-refractivity contribution in [2.75, 3.05) is 77.8 Å². The Hall–Kier alpha value is -5.48. The number of anilines is 1. The van der Waals surface area contributed by atoms with Crippen LogP contribution in [0.3, 0.4) is 0 Å². The van der Waals surface area contributed by atoms with Crippen molar-refractivity contribution in [3.8, 4) is 22.5 Å². The van der Waals surface area contributed by atoms with Crippen molar-refractivity contribution in [3.05, 3.63) is 82.2 Å². The normalized spacial score (nSPS) is 27.8. The van der Waals surface area contributed by atoms with Crippen molar-refractivity contribution >= 4 is 45.7 Å². The summed E-state index contributed by atoms with van der Waals surface area (Å²) >= 11 is 1.18. The third-order valence-corrected chi connectivity index (χ3v) is 18.6. The molecular formula is C59H73F2N9O8S. The van der Waals surface area contributed by atoms with E-state index in [9.17, 15) is 18.4 Å². The molecular weight excluding hydrogens is 1030 g/mol. The Bertz CT molecular complexity index is 3040. The minimum absolute atomic E-state index is 0.0530. The number of nitrogens with zero attached hydrogens (tertiary/aromatic N) is 7. The van der Waals surface area contributed by atoms with Gasteiger partial charge in [0, 0.05) is 122 Å². The van der Waals surface area contributed by atoms with Gasteiger partial charge >= 0.3 is 5.97 Å². The lowest BCUT2D eigenvalue weighted by atomic mass is 9.66. The zero-order chi connectivity index (χ0) is 54.7. The van der Waals surface area contributed by atoms with E-state index in [0.29, 0.717) is 57.4 Å². The van der Waals surface area contributed by atoms with Crippen LogP contribution < -0.4 is 15.6 Å². The number of hydrazine groups is 1. The van der Waals surface area contributed by atoms with Crippen LogP contribution in [0.15, 0.2) is 60.2 Å². The highest BCUT2D eigenvalue weighted by Crippen LogP contribution is 2.53. The second-order valence-electron chi connectivity index (χ2n) is 23.9. The highest BCUT2D eigenvalue weighted by atomic mass is 32.1. The van der Waals surface area contributed by atoms with Gasteiger partial charge in [-0.05, 0) is 99.6 Å². The van der Waals surface area contributed by atoms with E-state index in [-0.39, 0.29) is 48.1 Å². The number of nitrogens with one attached hydrogen (secondary N) is 2. The Morgan fingerprint density at radius 3 is 2.54 bits per heavy atom. The summed E-state index contributed by atoms with van der Waals surface area (Å²) in [5.41, 5.74) is 9.16. The Kier molecular flexibility index (Phi) is 15.2. The molecule has 20 heteroatoms. The number of thiazole rings is 1. The molecule has 8 aliphatic rings. The molecule has 3 aliphatic carbocycles. The second kappa shape index (κ2) is 22.1. The van der Waals surface area contributed by atoms with Crippen LogP contribution in [0.2, 0.25) is 0 Å². The van der Waals surface area contributed by atoms with E-state index in [1.807, 2.05) is 49.7 Å². The van der Waals surface area contributed by atoms with Gasteiger partial charge < -0.3 is 38.5 Å². The molecule has 1 spiro atoms. The molecule has 2 amide bonds. The number of hydrogen-bond acceptors (Lipinski definition) is 15. The second-order valence-corrected chi connectivity index (χ2v) is 24.7. The number of carbonyl (C=O) groups is 3. The molecule has 7 fully saturated rings. The van der Waals surface area contributed by atoms with Gasteiger partial charge in [0.25, 0.3) is 12.3 Å². The monoisotopic (exact) mass is 1110 g/mol. The smallest absolute Gasteiger partial charge is 0.328 e. The van der Waals surface area contributed by atoms with E-state index in [2.05, 4.69) is 62.1 Å². The molecule has 2 N–H and O–H groups in total. The topological polar surface area (TPSA) is 175 Å². The molecule has 5 aliphatic heterocycles. The molecule has 4 aromatic heterocycles. The van der Waals surface area contributed by atoms with Gasteiger partial charge in [-0.15, -0.1) is 11.3 Å². The number of halogens is 2. The van der Waals surface area contributed by atoms with Gasteiger partial charge in [-0.3, -0.25) is 29.5 Å². The van der Waals surface area contributed by atoms with Crippen molar-refractivity contribution in [2.24, 2.45) is 23.2 Å². The predicted molar refractivity (Wildman–Crippen MR) is 293 cm³/mol. The molecule has 6 atom stereocenters. The third-order valence-electron chi connectivity index (χ3n) is 17.7. The lowest BCUT2D eigenvalue weighted by Crippen LogP contribution is -2.75. The Morgan fingerprint density at radius 2 is 1.81 bits per heavy atom. The number of methoxy groups -OCH3 is 1. The van der Waals surface area contributed by atoms with E-state index in [1.54, 1.807) is 13.3 Å². The number of ether oxygens (including phenoxy) is 5. The first-order chi connectivity index (χ1) is 38.2. The number of esters is 1. The number of benzene rings is 1. The SMILES string of the molecule is CO[C@@H](C)c1ncc(N2CCN(C3CC3)CC2)cc1-c1c2c3cc(ccc3n1CCOC1CCOCC1)-c1csc(n1)[C@@H](OCC(F)F)[C@H](NC(=O)[C@@H]1[C@@H](C)[C@H]1c1ccccn1)C(=O)N1CC3CC(C3)(N1)C(=O)OCC(C)(C)C2. The lowest BCUT2D eigenvalue weighted by Gasteiger charge is -2.55. The minimum Gasteiger partial charge on any atom is -0.464 e. The summed E-state index contributed by atoms with van der Waals surface area (Å²) in [5, 5.41) is 7.37. The Morgan fingerprint density at radius 1 is 1.01 bits per heavy atom. The van der Waals surface area contributed by atoms with E-state index >= 15 is 4.79 Å². The van der Waals surface area contributed by atoms with Gasteiger partial charge in [-0.2, -0.15) is 0 Å². The number of piperazine rings is 1. The van der Waals surface area contributed by atoms with Crippen LogP contribution in [-0.4, -0.2) is 150 Å². The first kappa shape index (κ1) is 54.1. The van der Waals surface area contributed by atoms with Crippen LogP contribution in [0.25, 0.3) is 33.4 Å². The van der Waals surface area contributed by atoms with Gasteiger partial charge in [-0.1, -0.05) is 32.9 Å². The molecule has 422 valence electrons. The molecule has 0 unspecified atom stereocenters. The van der Waals surface area contributed by atoms with Crippen molar-refractivity contribution < 1.29 is 46.8 Å². The summed E-state index contributed by atoms with van der Waals surface area (Å²) in [6.45, 7) is 13.5. The molecule has 3 saturated carbocycles. The molecule has 0 radical (unpaired) electrons. The van der Waals surface area contributed by atoms with Gasteiger partial charge in [-0.25, -0.2) is 24.0 Å². The van der Waals surface area contributed by atoms with Crippen molar-refractivity contribution in [2.45, 2.75) is 127 Å². The van der Waals surface area contributed by atoms with Crippen LogP contribution >= 0.6 is 11.3 Å². The van der Waals surface area contributed by atoms with Crippen molar-refractivity contribution in [1.82, 2.24) is 40.2 Å². The highest BCUT2D eigenvalue weighted by Gasteiger charge is 2.59. The average Bonchev–Trinajstić information content (AvgIpc) is 4.43. The van der Waals surface area contributed by atoms with Crippen LogP contribution in [0.5, 0.6) is 0 Å². The fraction of sp³-hybridized carbons (Fsp3) is 0.593. The number of amides is 2. The minimum atomic E-state index is -2.89. The molecule has 17 nitrogen and oxygen atoms in total. The van der Waals surface area contributed by atoms with Crippen molar-refractivity contribution in [3.63, 3.8) is 0 Å². The maximum absolute atomic E-state index is 15.2. The molecule has 9 heterocycles. The first-order valence-corrected chi connectivity index (χ1v) is 29.3. The van der Waals surface area contributed by atoms with Gasteiger partial charge in [0.05, 0.1) is 54.4 Å². The van der Waals surface area contributed by atoms with Crippen LogP contribution in [0.1, 0.15) is 106 Å². The van der Waals surface area contributed by atoms with E-state index in [4.69, 9.17) is 33.7 Å². The summed E-state index contributed by atoms with van der Waals surface area (Å²) < 4.78 is 61.9. The lowest BCUT2D eigenvalue weighted by molar-refractivity contribution is -0.181. The van der Waals surface area contributed by atoms with Gasteiger partial charge in [0.1, 0.15) is 29.3 Å². The number of rotatable bonds is 15. The zero-order valence-corrected chi connectivity index (χ0v) is 46.7. The van der Waals surface area contributed by atoms with Crippen LogP contribution in [0.4, 0.5) is 14.5 Å². The molecule has 13 rings (SSSR count). The van der Waals surface area contributed by atoms with Gasteiger partial charge in [0.15, 0.2) is 0 Å². The quantitative estimate of drug-likeness (QED) is 0.0969. The molecule has 4 saturated heterocycles. The number of alkyl halides is 2. The summed E-state index contributed by atoms with van der Waals surface area (Å²) in [4.78, 5) is 64.2. The molecule has 5 aromatic rings. The maximum atomic E-state index is 15.2. The highest BCUT2D eigenvalue weighted by molar-refractivity contribution is 7.10. The fourth-order valence-corrected chi connectivity index (χ4v) is 14.0. The molecule has 7 bridgehead atoms. The number of aromatic nitrogens is 4. The first-order valence-electron chi connectivity index (χ1n) is 28.4. The number of pyridine rings is 2. The largest absolute Gasteiger partial charge is 0.464 e. The summed E-state index contributed by atoms with van der Waals surface area (Å²) in [7, 11) is 1.70. The maximum Gasteiger partial charge on any atom is 0.328 e. The fourth-order valence-electron chi connectivity index (χ4n) is 13.1. The van der Waals surface area contributed by atoms with E-state index in [1.165, 1.54) is 29.2 Å². The third kappa shape index (κ3) is 10.9. The Labute approximate surface area is 464 Å². The molecule has 1 aromatic carbocycles. The number of fused-ring (bicyclic) bond motifs is 4. The predicted octanol–water partition coefficient (Wildman–Crippen LogP) is 7.89. The van der Waals surface area contributed by atoms with E-state index < -0.39 is 59.8 Å². The van der Waals surface area contributed by atoms with Crippen LogP contribution in [0, 0.1) is 23.2 Å². The summed E-state index contributed by atoms with van der Waals surface area (Å²) in [6, 6.07) is 13.3. The van der Waals surface area contributed by atoms with Gasteiger partial charge in [0.2, 0.25) is 5.91 Å². The van der Waals surface area contributed by atoms with E-state index in [0.717, 1.165) is 89.4 Å². The molecule has 79 heavy (non-hydrogen) atoms.